The van der Waals surface area contributed by atoms with Crippen molar-refractivity contribution in [1.82, 2.24) is 0 Å². The molecule has 0 aliphatic heterocycles. The predicted molar refractivity (Wildman–Crippen MR) is 75.1 cm³/mol. The Hall–Kier alpha value is -0.730. The minimum absolute atomic E-state index is 0.558. The summed E-state index contributed by atoms with van der Waals surface area (Å²) in [6.45, 7) is 9.69. The molecule has 3 heteroatoms. The van der Waals surface area contributed by atoms with E-state index in [1.54, 1.807) is 0 Å². The lowest BCUT2D eigenvalue weighted by atomic mass is 10.1. The van der Waals surface area contributed by atoms with Crippen molar-refractivity contribution >= 4 is 17.3 Å². The van der Waals surface area contributed by atoms with Gasteiger partial charge in [-0.3, -0.25) is 0 Å². The standard InChI is InChI=1S/C14H22ClNO/c1-4-16(8-9-17-5-2)14-7-6-12(3)10-13(14)11-15/h6-7,10H,4-5,8-9,11H2,1-3H3. The number of halogens is 1. The normalized spacial score (nSPS) is 10.6. The SMILES string of the molecule is CCOCCN(CC)c1ccc(C)cc1CCl. The van der Waals surface area contributed by atoms with Gasteiger partial charge in [0.15, 0.2) is 0 Å². The van der Waals surface area contributed by atoms with Crippen LogP contribution in [0.15, 0.2) is 18.2 Å². The van der Waals surface area contributed by atoms with Crippen LogP contribution >= 0.6 is 11.6 Å². The number of nitrogens with zero attached hydrogens (tertiary/aromatic N) is 1. The van der Waals surface area contributed by atoms with Crippen molar-refractivity contribution in [3.05, 3.63) is 29.3 Å². The Kier molecular flexibility index (Phi) is 6.38. The Balaban J connectivity index is 2.79. The molecule has 96 valence electrons. The fourth-order valence-corrected chi connectivity index (χ4v) is 2.11. The summed E-state index contributed by atoms with van der Waals surface area (Å²) in [5.41, 5.74) is 3.68. The van der Waals surface area contributed by atoms with Crippen molar-refractivity contribution in [3.63, 3.8) is 0 Å². The molecule has 0 unspecified atom stereocenters. The summed E-state index contributed by atoms with van der Waals surface area (Å²) >= 11 is 6.01. The van der Waals surface area contributed by atoms with Gasteiger partial charge in [0.2, 0.25) is 0 Å². The number of hydrogen-bond donors (Lipinski definition) is 0. The molecule has 0 atom stereocenters. The van der Waals surface area contributed by atoms with Crippen LogP contribution in [0.5, 0.6) is 0 Å². The van der Waals surface area contributed by atoms with E-state index in [2.05, 4.69) is 36.9 Å². The van der Waals surface area contributed by atoms with Crippen molar-refractivity contribution < 1.29 is 4.74 Å². The molecule has 0 fully saturated rings. The van der Waals surface area contributed by atoms with Gasteiger partial charge < -0.3 is 9.64 Å². The van der Waals surface area contributed by atoms with Gasteiger partial charge in [-0.1, -0.05) is 17.7 Å². The van der Waals surface area contributed by atoms with Crippen molar-refractivity contribution in [2.75, 3.05) is 31.2 Å². The van der Waals surface area contributed by atoms with Crippen LogP contribution in [-0.2, 0) is 10.6 Å². The van der Waals surface area contributed by atoms with Gasteiger partial charge in [0.05, 0.1) is 6.61 Å². The molecular weight excluding hydrogens is 234 g/mol. The largest absolute Gasteiger partial charge is 0.380 e. The van der Waals surface area contributed by atoms with Gasteiger partial charge in [0, 0.05) is 31.3 Å². The van der Waals surface area contributed by atoms with Gasteiger partial charge >= 0.3 is 0 Å². The summed E-state index contributed by atoms with van der Waals surface area (Å²) in [6.07, 6.45) is 0. The maximum Gasteiger partial charge on any atom is 0.0641 e. The lowest BCUT2D eigenvalue weighted by Crippen LogP contribution is -2.28. The van der Waals surface area contributed by atoms with Gasteiger partial charge in [-0.15, -0.1) is 11.6 Å². The average Bonchev–Trinajstić information content (AvgIpc) is 2.35. The van der Waals surface area contributed by atoms with E-state index in [1.807, 2.05) is 6.92 Å². The zero-order valence-electron chi connectivity index (χ0n) is 11.0. The number of ether oxygens (including phenoxy) is 1. The van der Waals surface area contributed by atoms with Crippen molar-refractivity contribution in [1.29, 1.82) is 0 Å². The van der Waals surface area contributed by atoms with E-state index >= 15 is 0 Å². The van der Waals surface area contributed by atoms with Crippen LogP contribution in [0.25, 0.3) is 0 Å². The molecule has 0 radical (unpaired) electrons. The molecule has 0 heterocycles. The highest BCUT2D eigenvalue weighted by molar-refractivity contribution is 6.17. The third kappa shape index (κ3) is 4.21. The van der Waals surface area contributed by atoms with Gasteiger partial charge in [0.25, 0.3) is 0 Å². The molecular formula is C14H22ClNO. The maximum atomic E-state index is 6.01. The number of hydrogen-bond acceptors (Lipinski definition) is 2. The molecule has 0 saturated carbocycles. The number of rotatable bonds is 7. The number of alkyl halides is 1. The number of benzene rings is 1. The summed E-state index contributed by atoms with van der Waals surface area (Å²) in [4.78, 5) is 2.31. The van der Waals surface area contributed by atoms with E-state index in [4.69, 9.17) is 16.3 Å². The number of likely N-dealkylation sites (N-methyl/N-ethyl adjacent to an activating group) is 1. The van der Waals surface area contributed by atoms with Crippen molar-refractivity contribution in [3.8, 4) is 0 Å². The van der Waals surface area contributed by atoms with Crippen molar-refractivity contribution in [2.24, 2.45) is 0 Å². The molecule has 0 spiro atoms. The van der Waals surface area contributed by atoms with Gasteiger partial charge in [-0.25, -0.2) is 0 Å². The average molecular weight is 256 g/mol. The maximum absolute atomic E-state index is 6.01. The third-order valence-corrected chi connectivity index (χ3v) is 3.10. The van der Waals surface area contributed by atoms with Gasteiger partial charge in [-0.05, 0) is 32.4 Å². The lowest BCUT2D eigenvalue weighted by molar-refractivity contribution is 0.154. The van der Waals surface area contributed by atoms with E-state index in [1.165, 1.54) is 16.8 Å². The molecule has 2 nitrogen and oxygen atoms in total. The Morgan fingerprint density at radius 3 is 2.65 bits per heavy atom. The molecule has 1 aromatic rings. The van der Waals surface area contributed by atoms with E-state index in [9.17, 15) is 0 Å². The summed E-state index contributed by atoms with van der Waals surface area (Å²) in [6, 6.07) is 6.45. The first kappa shape index (κ1) is 14.3. The first-order chi connectivity index (χ1) is 8.22. The van der Waals surface area contributed by atoms with Crippen LogP contribution < -0.4 is 4.90 Å². The monoisotopic (exact) mass is 255 g/mol. The van der Waals surface area contributed by atoms with E-state index in [0.29, 0.717) is 5.88 Å². The second-order valence-corrected chi connectivity index (χ2v) is 4.31. The zero-order chi connectivity index (χ0) is 12.7. The smallest absolute Gasteiger partial charge is 0.0641 e. The number of anilines is 1. The molecule has 1 rings (SSSR count). The zero-order valence-corrected chi connectivity index (χ0v) is 11.8. The highest BCUT2D eigenvalue weighted by Crippen LogP contribution is 2.23. The second kappa shape index (κ2) is 7.57. The van der Waals surface area contributed by atoms with Crippen LogP contribution in [0.1, 0.15) is 25.0 Å². The molecule has 0 aliphatic carbocycles. The minimum Gasteiger partial charge on any atom is -0.380 e. The van der Waals surface area contributed by atoms with E-state index in [0.717, 1.165) is 26.3 Å². The quantitative estimate of drug-likeness (QED) is 0.545. The minimum atomic E-state index is 0.558. The topological polar surface area (TPSA) is 12.5 Å². The Morgan fingerprint density at radius 1 is 1.29 bits per heavy atom. The van der Waals surface area contributed by atoms with Crippen LogP contribution in [0.4, 0.5) is 5.69 Å². The lowest BCUT2D eigenvalue weighted by Gasteiger charge is -2.25. The first-order valence-corrected chi connectivity index (χ1v) is 6.74. The van der Waals surface area contributed by atoms with Crippen LogP contribution in [0.2, 0.25) is 0 Å². The summed E-state index contributed by atoms with van der Waals surface area (Å²) < 4.78 is 5.41. The van der Waals surface area contributed by atoms with Crippen LogP contribution in [-0.4, -0.2) is 26.3 Å². The van der Waals surface area contributed by atoms with E-state index < -0.39 is 0 Å². The molecule has 1 aromatic carbocycles. The molecule has 0 N–H and O–H groups in total. The Morgan fingerprint density at radius 2 is 2.06 bits per heavy atom. The van der Waals surface area contributed by atoms with Crippen LogP contribution in [0, 0.1) is 6.92 Å². The van der Waals surface area contributed by atoms with E-state index in [-0.39, 0.29) is 0 Å². The summed E-state index contributed by atoms with van der Waals surface area (Å²) in [5.74, 6) is 0.558. The third-order valence-electron chi connectivity index (χ3n) is 2.81. The highest BCUT2D eigenvalue weighted by Gasteiger charge is 2.09. The fraction of sp³-hybridized carbons (Fsp3) is 0.571. The summed E-state index contributed by atoms with van der Waals surface area (Å²) in [5, 5.41) is 0. The molecule has 17 heavy (non-hydrogen) atoms. The summed E-state index contributed by atoms with van der Waals surface area (Å²) in [7, 11) is 0. The Labute approximate surface area is 110 Å². The molecule has 0 bridgehead atoms. The molecule has 0 saturated heterocycles. The second-order valence-electron chi connectivity index (χ2n) is 4.04. The predicted octanol–water partition coefficient (Wildman–Crippen LogP) is 3.60. The Bertz CT molecular complexity index is 341. The first-order valence-electron chi connectivity index (χ1n) is 6.21. The molecule has 0 aromatic heterocycles. The molecule has 0 amide bonds. The van der Waals surface area contributed by atoms with Crippen molar-refractivity contribution in [2.45, 2.75) is 26.7 Å². The van der Waals surface area contributed by atoms with Gasteiger partial charge in [-0.2, -0.15) is 0 Å². The van der Waals surface area contributed by atoms with Gasteiger partial charge in [0.1, 0.15) is 0 Å². The fourth-order valence-electron chi connectivity index (χ4n) is 1.90. The molecule has 0 aliphatic rings. The van der Waals surface area contributed by atoms with Crippen LogP contribution in [0.3, 0.4) is 0 Å². The highest BCUT2D eigenvalue weighted by atomic mass is 35.5. The number of aryl methyl sites for hydroxylation is 1.